The normalized spacial score (nSPS) is 19.6. The molecule has 1 amide bonds. The van der Waals surface area contributed by atoms with Crippen LogP contribution < -0.4 is 5.32 Å². The Bertz CT molecular complexity index is 605. The Morgan fingerprint density at radius 3 is 2.53 bits per heavy atom. The van der Waals surface area contributed by atoms with Crippen LogP contribution in [0.2, 0.25) is 0 Å². The molecule has 1 heterocycles. The number of unbranched alkanes of at least 4 members (excludes halogenated alkanes) is 1. The summed E-state index contributed by atoms with van der Waals surface area (Å²) in [7, 11) is 0. The molecule has 1 aliphatic heterocycles. The zero-order valence-electron chi connectivity index (χ0n) is 10.4. The summed E-state index contributed by atoms with van der Waals surface area (Å²) in [6.45, 7) is 5.52. The third-order valence-corrected chi connectivity index (χ3v) is 2.95. The van der Waals surface area contributed by atoms with Gasteiger partial charge in [0.15, 0.2) is 0 Å². The lowest BCUT2D eigenvalue weighted by Crippen LogP contribution is -2.28. The van der Waals surface area contributed by atoms with Crippen molar-refractivity contribution in [3.63, 3.8) is 0 Å². The number of rotatable bonds is 3. The Kier molecular flexibility index (Phi) is 3.21. The third kappa shape index (κ3) is 1.93. The summed E-state index contributed by atoms with van der Waals surface area (Å²) in [6.07, 6.45) is 4.73. The van der Waals surface area contributed by atoms with E-state index in [0.29, 0.717) is 0 Å². The van der Waals surface area contributed by atoms with Gasteiger partial charge in [-0.25, -0.2) is 0 Å². The monoisotopic (exact) mass is 259 g/mol. The van der Waals surface area contributed by atoms with Gasteiger partial charge in [0.1, 0.15) is 11.3 Å². The molecular formula is C14H13NO4. The summed E-state index contributed by atoms with van der Waals surface area (Å²) in [5.74, 6) is -2.83. The third-order valence-electron chi connectivity index (χ3n) is 2.95. The van der Waals surface area contributed by atoms with E-state index < -0.39 is 17.5 Å². The Balaban J connectivity index is 2.55. The van der Waals surface area contributed by atoms with Crippen LogP contribution in [0.4, 0.5) is 0 Å². The summed E-state index contributed by atoms with van der Waals surface area (Å²) in [5, 5.41) is 12.4. The van der Waals surface area contributed by atoms with Crippen LogP contribution in [0, 0.1) is 0 Å². The van der Waals surface area contributed by atoms with Crippen LogP contribution >= 0.6 is 0 Å². The second kappa shape index (κ2) is 4.68. The quantitative estimate of drug-likeness (QED) is 0.454. The predicted octanol–water partition coefficient (Wildman–Crippen LogP) is 1.25. The molecule has 5 heteroatoms. The molecule has 0 saturated heterocycles. The smallest absolute Gasteiger partial charge is 0.260 e. The topological polar surface area (TPSA) is 83.5 Å². The number of hydrogen-bond donors (Lipinski definition) is 2. The Labute approximate surface area is 110 Å². The Hall–Kier alpha value is -2.43. The van der Waals surface area contributed by atoms with Gasteiger partial charge in [0.25, 0.3) is 5.91 Å². The minimum absolute atomic E-state index is 0.0331. The maximum atomic E-state index is 11.9. The number of allylic oxidation sites excluding steroid dienone is 3. The van der Waals surface area contributed by atoms with E-state index in [2.05, 4.69) is 11.9 Å². The number of ketones is 2. The number of amides is 1. The van der Waals surface area contributed by atoms with Gasteiger partial charge in [-0.3, -0.25) is 14.4 Å². The molecule has 0 saturated carbocycles. The summed E-state index contributed by atoms with van der Waals surface area (Å²) in [5.41, 5.74) is -0.236. The van der Waals surface area contributed by atoms with Crippen LogP contribution in [0.3, 0.4) is 0 Å². The summed E-state index contributed by atoms with van der Waals surface area (Å²) >= 11 is 0. The number of hydrogen-bond acceptors (Lipinski definition) is 4. The summed E-state index contributed by atoms with van der Waals surface area (Å²) in [4.78, 5) is 35.3. The number of Topliss-reactive ketones (excluding diaryl/α,β-unsaturated/α-hetero) is 2. The number of carbonyl (C=O) groups is 3. The van der Waals surface area contributed by atoms with Crippen LogP contribution in [0.5, 0.6) is 0 Å². The van der Waals surface area contributed by atoms with E-state index in [4.69, 9.17) is 0 Å². The van der Waals surface area contributed by atoms with Gasteiger partial charge in [0.05, 0.1) is 11.1 Å². The van der Waals surface area contributed by atoms with Crippen molar-refractivity contribution in [3.8, 4) is 0 Å². The van der Waals surface area contributed by atoms with E-state index in [-0.39, 0.29) is 28.2 Å². The van der Waals surface area contributed by atoms with Crippen molar-refractivity contribution < 1.29 is 19.5 Å². The van der Waals surface area contributed by atoms with Crippen LogP contribution in [-0.2, 0) is 14.4 Å². The molecule has 0 unspecified atom stereocenters. The van der Waals surface area contributed by atoms with Gasteiger partial charge in [-0.2, -0.15) is 0 Å². The van der Waals surface area contributed by atoms with Crippen LogP contribution in [0.15, 0.2) is 46.9 Å². The largest absolute Gasteiger partial charge is 0.506 e. The molecule has 2 N–H and O–H groups in total. The highest BCUT2D eigenvalue weighted by Gasteiger charge is 2.42. The maximum Gasteiger partial charge on any atom is 0.260 e. The van der Waals surface area contributed by atoms with Gasteiger partial charge in [0, 0.05) is 5.70 Å². The summed E-state index contributed by atoms with van der Waals surface area (Å²) < 4.78 is 0. The van der Waals surface area contributed by atoms with Crippen molar-refractivity contribution in [2.75, 3.05) is 0 Å². The van der Waals surface area contributed by atoms with Crippen molar-refractivity contribution in [3.05, 3.63) is 46.9 Å². The average Bonchev–Trinajstić information content (AvgIpc) is 2.66. The molecule has 0 atom stereocenters. The molecule has 0 radical (unpaired) electrons. The SMILES string of the molecule is C=C1NC(=O)C2=C1C(O)=C(C=CCCC)C(=O)C2=O. The Morgan fingerprint density at radius 2 is 1.89 bits per heavy atom. The van der Waals surface area contributed by atoms with E-state index in [1.165, 1.54) is 6.08 Å². The molecule has 0 bridgehead atoms. The minimum Gasteiger partial charge on any atom is -0.506 e. The number of carbonyl (C=O) groups excluding carboxylic acids is 3. The lowest BCUT2D eigenvalue weighted by atomic mass is 9.88. The zero-order valence-corrected chi connectivity index (χ0v) is 10.4. The van der Waals surface area contributed by atoms with Crippen molar-refractivity contribution >= 4 is 17.5 Å². The number of aliphatic hydroxyl groups excluding tert-OH is 1. The van der Waals surface area contributed by atoms with Gasteiger partial charge >= 0.3 is 0 Å². The standard InChI is InChI=1S/C14H13NO4/c1-3-4-5-6-8-11(16)9-7(2)15-14(19)10(9)13(18)12(8)17/h5-6,16H,2-4H2,1H3,(H,15,19). The van der Waals surface area contributed by atoms with E-state index >= 15 is 0 Å². The van der Waals surface area contributed by atoms with Crippen LogP contribution in [0.25, 0.3) is 0 Å². The molecule has 0 aromatic rings. The van der Waals surface area contributed by atoms with E-state index in [0.717, 1.165) is 12.8 Å². The molecular weight excluding hydrogens is 246 g/mol. The average molecular weight is 259 g/mol. The molecule has 2 rings (SSSR count). The van der Waals surface area contributed by atoms with Crippen molar-refractivity contribution in [2.24, 2.45) is 0 Å². The van der Waals surface area contributed by atoms with Gasteiger partial charge < -0.3 is 10.4 Å². The highest BCUT2D eigenvalue weighted by atomic mass is 16.3. The molecule has 1 aliphatic carbocycles. The molecule has 0 aromatic heterocycles. The highest BCUT2D eigenvalue weighted by molar-refractivity contribution is 6.56. The number of nitrogens with one attached hydrogen (secondary N) is 1. The molecule has 2 aliphatic rings. The van der Waals surface area contributed by atoms with Gasteiger partial charge in [-0.15, -0.1) is 0 Å². The van der Waals surface area contributed by atoms with Crippen LogP contribution in [0.1, 0.15) is 19.8 Å². The zero-order chi connectivity index (χ0) is 14.2. The van der Waals surface area contributed by atoms with E-state index in [9.17, 15) is 19.5 Å². The first-order valence-corrected chi connectivity index (χ1v) is 5.93. The highest BCUT2D eigenvalue weighted by Crippen LogP contribution is 2.33. The number of aliphatic hydroxyl groups is 1. The fourth-order valence-corrected chi connectivity index (χ4v) is 2.00. The maximum absolute atomic E-state index is 11.9. The lowest BCUT2D eigenvalue weighted by molar-refractivity contribution is -0.133. The second-order valence-electron chi connectivity index (χ2n) is 4.29. The van der Waals surface area contributed by atoms with E-state index in [1.54, 1.807) is 6.08 Å². The molecule has 98 valence electrons. The fraction of sp³-hybridized carbons (Fsp3) is 0.214. The van der Waals surface area contributed by atoms with E-state index in [1.807, 2.05) is 6.92 Å². The van der Waals surface area contributed by atoms with Gasteiger partial charge in [-0.1, -0.05) is 32.1 Å². The molecule has 0 spiro atoms. The van der Waals surface area contributed by atoms with Crippen molar-refractivity contribution in [1.82, 2.24) is 5.32 Å². The first-order valence-electron chi connectivity index (χ1n) is 5.93. The minimum atomic E-state index is -0.903. The second-order valence-corrected chi connectivity index (χ2v) is 4.29. The fourth-order valence-electron chi connectivity index (χ4n) is 2.00. The molecule has 0 fully saturated rings. The summed E-state index contributed by atoms with van der Waals surface area (Å²) in [6, 6.07) is 0. The Morgan fingerprint density at radius 1 is 1.21 bits per heavy atom. The lowest BCUT2D eigenvalue weighted by Gasteiger charge is -2.13. The molecule has 19 heavy (non-hydrogen) atoms. The first kappa shape index (κ1) is 13.0. The first-order chi connectivity index (χ1) is 8.99. The van der Waals surface area contributed by atoms with Crippen molar-refractivity contribution in [2.45, 2.75) is 19.8 Å². The molecule has 5 nitrogen and oxygen atoms in total. The van der Waals surface area contributed by atoms with Crippen LogP contribution in [-0.4, -0.2) is 22.6 Å². The van der Waals surface area contributed by atoms with Gasteiger partial charge in [0.2, 0.25) is 11.6 Å². The predicted molar refractivity (Wildman–Crippen MR) is 68.0 cm³/mol. The van der Waals surface area contributed by atoms with Gasteiger partial charge in [-0.05, 0) is 6.42 Å². The molecule has 0 aromatic carbocycles. The van der Waals surface area contributed by atoms with Crippen molar-refractivity contribution in [1.29, 1.82) is 0 Å².